The van der Waals surface area contributed by atoms with E-state index in [0.717, 1.165) is 19.3 Å². The van der Waals surface area contributed by atoms with Crippen LogP contribution in [0.4, 0.5) is 0 Å². The van der Waals surface area contributed by atoms with Crippen molar-refractivity contribution < 1.29 is 13.5 Å². The van der Waals surface area contributed by atoms with E-state index in [4.69, 9.17) is 4.52 Å². The van der Waals surface area contributed by atoms with Crippen molar-refractivity contribution in [3.63, 3.8) is 0 Å². The first-order chi connectivity index (χ1) is 9.08. The van der Waals surface area contributed by atoms with E-state index in [2.05, 4.69) is 15.5 Å². The number of nitrogens with zero attached hydrogens (tertiary/aromatic N) is 2. The smallest absolute Gasteiger partial charge is 0.239 e. The predicted octanol–water partition coefficient (Wildman–Crippen LogP) is 1.19. The van der Waals surface area contributed by atoms with Crippen molar-refractivity contribution in [3.05, 3.63) is 11.7 Å². The summed E-state index contributed by atoms with van der Waals surface area (Å²) in [6.45, 7) is 6.23. The van der Waals surface area contributed by atoms with E-state index in [1.165, 1.54) is 0 Å². The first kappa shape index (κ1) is 15.8. The van der Waals surface area contributed by atoms with E-state index in [1.807, 2.05) is 13.8 Å². The monoisotopic (exact) mass is 287 g/mol. The summed E-state index contributed by atoms with van der Waals surface area (Å²) in [4.78, 5) is 15.8. The normalized spacial score (nSPS) is 14.1. The van der Waals surface area contributed by atoms with Gasteiger partial charge in [0, 0.05) is 23.8 Å². The van der Waals surface area contributed by atoms with Crippen LogP contribution in [0.2, 0.25) is 0 Å². The molecule has 6 nitrogen and oxygen atoms in total. The SMILES string of the molecule is CCCNC(=O)C(C)S(=O)Cc1nc(CCC)no1. The fourth-order valence-electron chi connectivity index (χ4n) is 1.43. The zero-order chi connectivity index (χ0) is 14.3. The molecule has 1 aromatic rings. The second kappa shape index (κ2) is 8.04. The lowest BCUT2D eigenvalue weighted by Gasteiger charge is -2.10. The van der Waals surface area contributed by atoms with Gasteiger partial charge in [-0.3, -0.25) is 9.00 Å². The van der Waals surface area contributed by atoms with Gasteiger partial charge >= 0.3 is 0 Å². The maximum atomic E-state index is 12.0. The molecule has 0 radical (unpaired) electrons. The highest BCUT2D eigenvalue weighted by Gasteiger charge is 2.21. The van der Waals surface area contributed by atoms with Gasteiger partial charge in [0.25, 0.3) is 0 Å². The van der Waals surface area contributed by atoms with Crippen LogP contribution in [-0.2, 0) is 27.8 Å². The molecule has 0 fully saturated rings. The van der Waals surface area contributed by atoms with Gasteiger partial charge in [-0.2, -0.15) is 4.98 Å². The van der Waals surface area contributed by atoms with Gasteiger partial charge in [0.1, 0.15) is 11.0 Å². The Balaban J connectivity index is 2.50. The molecule has 0 aliphatic rings. The Kier molecular flexibility index (Phi) is 6.69. The van der Waals surface area contributed by atoms with Gasteiger partial charge in [-0.15, -0.1) is 0 Å². The van der Waals surface area contributed by atoms with Crippen LogP contribution >= 0.6 is 0 Å². The number of aromatic nitrogens is 2. The van der Waals surface area contributed by atoms with Gasteiger partial charge in [0.05, 0.1) is 0 Å². The van der Waals surface area contributed by atoms with Crippen molar-refractivity contribution in [2.75, 3.05) is 6.54 Å². The van der Waals surface area contributed by atoms with E-state index >= 15 is 0 Å². The Morgan fingerprint density at radius 3 is 2.79 bits per heavy atom. The molecule has 1 N–H and O–H groups in total. The number of nitrogens with one attached hydrogen (secondary N) is 1. The minimum absolute atomic E-state index is 0.122. The van der Waals surface area contributed by atoms with E-state index in [1.54, 1.807) is 6.92 Å². The maximum absolute atomic E-state index is 12.0. The molecule has 19 heavy (non-hydrogen) atoms. The van der Waals surface area contributed by atoms with Gasteiger partial charge in [-0.25, -0.2) is 0 Å². The molecule has 0 saturated heterocycles. The van der Waals surface area contributed by atoms with Gasteiger partial charge in [0.15, 0.2) is 5.82 Å². The van der Waals surface area contributed by atoms with E-state index in [-0.39, 0.29) is 11.7 Å². The average molecular weight is 287 g/mol. The standard InChI is InChI=1S/C12H21N3O3S/c1-4-6-10-14-11(18-15-10)8-19(17)9(3)12(16)13-7-5-2/h9H,4-8H2,1-3H3,(H,13,16). The molecule has 0 aliphatic carbocycles. The highest BCUT2D eigenvalue weighted by Crippen LogP contribution is 2.07. The molecular formula is C12H21N3O3S. The number of carbonyl (C=O) groups is 1. The fraction of sp³-hybridized carbons (Fsp3) is 0.750. The van der Waals surface area contributed by atoms with Crippen molar-refractivity contribution in [2.24, 2.45) is 0 Å². The van der Waals surface area contributed by atoms with Crippen LogP contribution in [0.1, 0.15) is 45.3 Å². The molecule has 0 aromatic carbocycles. The molecule has 1 aromatic heterocycles. The van der Waals surface area contributed by atoms with Crippen molar-refractivity contribution in [1.82, 2.24) is 15.5 Å². The summed E-state index contributed by atoms with van der Waals surface area (Å²) in [5.74, 6) is 0.875. The number of carbonyl (C=O) groups excluding carboxylic acids is 1. The second-order valence-electron chi connectivity index (χ2n) is 4.31. The summed E-state index contributed by atoms with van der Waals surface area (Å²) in [5.41, 5.74) is 0. The number of aryl methyl sites for hydroxylation is 1. The van der Waals surface area contributed by atoms with Gasteiger partial charge in [0.2, 0.25) is 11.8 Å². The zero-order valence-corrected chi connectivity index (χ0v) is 12.5. The first-order valence-electron chi connectivity index (χ1n) is 6.54. The molecular weight excluding hydrogens is 266 g/mol. The number of hydrogen-bond donors (Lipinski definition) is 1. The summed E-state index contributed by atoms with van der Waals surface area (Å²) in [6, 6.07) is 0. The Morgan fingerprint density at radius 1 is 1.42 bits per heavy atom. The molecule has 2 unspecified atom stereocenters. The quantitative estimate of drug-likeness (QED) is 0.776. The Hall–Kier alpha value is -1.24. The lowest BCUT2D eigenvalue weighted by molar-refractivity contribution is -0.120. The van der Waals surface area contributed by atoms with Crippen molar-refractivity contribution in [1.29, 1.82) is 0 Å². The molecule has 108 valence electrons. The van der Waals surface area contributed by atoms with Crippen LogP contribution in [0.3, 0.4) is 0 Å². The molecule has 0 spiro atoms. The Morgan fingerprint density at radius 2 is 2.16 bits per heavy atom. The molecule has 2 atom stereocenters. The Bertz CT molecular complexity index is 434. The predicted molar refractivity (Wildman–Crippen MR) is 72.9 cm³/mol. The van der Waals surface area contributed by atoms with Gasteiger partial charge in [-0.1, -0.05) is 19.0 Å². The molecule has 0 bridgehead atoms. The van der Waals surface area contributed by atoms with Crippen LogP contribution in [0.5, 0.6) is 0 Å². The third-order valence-electron chi connectivity index (χ3n) is 2.56. The number of rotatable bonds is 8. The molecule has 1 rings (SSSR count). The van der Waals surface area contributed by atoms with E-state index < -0.39 is 16.0 Å². The molecule has 1 heterocycles. The van der Waals surface area contributed by atoms with Crippen LogP contribution in [0, 0.1) is 0 Å². The summed E-state index contributed by atoms with van der Waals surface area (Å²) in [5, 5.41) is 5.94. The van der Waals surface area contributed by atoms with Crippen LogP contribution in [0.15, 0.2) is 4.52 Å². The third-order valence-corrected chi connectivity index (χ3v) is 4.10. The topological polar surface area (TPSA) is 85.1 Å². The lowest BCUT2D eigenvalue weighted by Crippen LogP contribution is -2.36. The van der Waals surface area contributed by atoms with Gasteiger partial charge in [-0.05, 0) is 19.8 Å². The Labute approximate surface area is 115 Å². The molecule has 7 heteroatoms. The molecule has 0 aliphatic heterocycles. The average Bonchev–Trinajstić information content (AvgIpc) is 2.82. The maximum Gasteiger partial charge on any atom is 0.239 e. The number of amides is 1. The lowest BCUT2D eigenvalue weighted by atomic mass is 10.3. The van der Waals surface area contributed by atoms with Crippen molar-refractivity contribution in [3.8, 4) is 0 Å². The highest BCUT2D eigenvalue weighted by atomic mass is 32.2. The third kappa shape index (κ3) is 5.10. The van der Waals surface area contributed by atoms with E-state index in [0.29, 0.717) is 18.3 Å². The fourth-order valence-corrected chi connectivity index (χ4v) is 2.36. The van der Waals surface area contributed by atoms with E-state index in [9.17, 15) is 9.00 Å². The molecule has 0 saturated carbocycles. The zero-order valence-electron chi connectivity index (χ0n) is 11.6. The summed E-state index contributed by atoms with van der Waals surface area (Å²) < 4.78 is 17.0. The van der Waals surface area contributed by atoms with Crippen LogP contribution in [-0.4, -0.2) is 32.1 Å². The van der Waals surface area contributed by atoms with Crippen LogP contribution < -0.4 is 5.32 Å². The summed E-state index contributed by atoms with van der Waals surface area (Å²) in [6.07, 6.45) is 2.52. The van der Waals surface area contributed by atoms with Gasteiger partial charge < -0.3 is 9.84 Å². The molecule has 1 amide bonds. The minimum atomic E-state index is -1.35. The largest absolute Gasteiger partial charge is 0.355 e. The first-order valence-corrected chi connectivity index (χ1v) is 7.93. The minimum Gasteiger partial charge on any atom is -0.355 e. The summed E-state index contributed by atoms with van der Waals surface area (Å²) >= 11 is 0. The second-order valence-corrected chi connectivity index (χ2v) is 6.07. The van der Waals surface area contributed by atoms with Crippen molar-refractivity contribution >= 4 is 16.7 Å². The highest BCUT2D eigenvalue weighted by molar-refractivity contribution is 7.85. The van der Waals surface area contributed by atoms with Crippen molar-refractivity contribution in [2.45, 2.75) is 51.0 Å². The summed E-state index contributed by atoms with van der Waals surface area (Å²) in [7, 11) is -1.35. The number of hydrogen-bond acceptors (Lipinski definition) is 5. The van der Waals surface area contributed by atoms with Crippen LogP contribution in [0.25, 0.3) is 0 Å².